The zero-order valence-electron chi connectivity index (χ0n) is 25.8. The molecule has 43 heavy (non-hydrogen) atoms. The van der Waals surface area contributed by atoms with Gasteiger partial charge in [-0.25, -0.2) is 4.79 Å². The summed E-state index contributed by atoms with van der Waals surface area (Å²) in [7, 11) is 8.66. The van der Waals surface area contributed by atoms with E-state index in [9.17, 15) is 9.90 Å². The van der Waals surface area contributed by atoms with Gasteiger partial charge in [0.2, 0.25) is 0 Å². The van der Waals surface area contributed by atoms with Gasteiger partial charge in [-0.2, -0.15) is 0 Å². The van der Waals surface area contributed by atoms with E-state index in [-0.39, 0.29) is 5.56 Å². The van der Waals surface area contributed by atoms with Gasteiger partial charge >= 0.3 is 5.97 Å². The van der Waals surface area contributed by atoms with E-state index in [1.807, 2.05) is 24.3 Å². The summed E-state index contributed by atoms with van der Waals surface area (Å²) in [5, 5.41) is 15.6. The Bertz CT molecular complexity index is 1630. The third-order valence-corrected chi connectivity index (χ3v) is 9.66. The maximum Gasteiger partial charge on any atom is 0.336 e. The van der Waals surface area contributed by atoms with Crippen LogP contribution in [0, 0.1) is 0 Å². The summed E-state index contributed by atoms with van der Waals surface area (Å²) >= 11 is 0. The molecule has 0 radical (unpaired) electrons. The summed E-state index contributed by atoms with van der Waals surface area (Å²) in [6.45, 7) is 0. The minimum Gasteiger partial charge on any atom is -0.478 e. The van der Waals surface area contributed by atoms with Gasteiger partial charge in [0.25, 0.3) is 0 Å². The minimum atomic E-state index is -0.941. The van der Waals surface area contributed by atoms with Gasteiger partial charge in [-0.05, 0) is 115 Å². The molecule has 2 aromatic rings. The quantitative estimate of drug-likeness (QED) is 0.230. The first-order chi connectivity index (χ1) is 20.8. The topological polar surface area (TPSA) is 81.3 Å². The van der Waals surface area contributed by atoms with Crippen molar-refractivity contribution in [1.82, 2.24) is 9.80 Å². The Labute approximate surface area is 254 Å². The molecule has 2 N–H and O–H groups in total. The number of nitrogens with one attached hydrogen (secondary N) is 1. The molecule has 2 saturated carbocycles. The summed E-state index contributed by atoms with van der Waals surface area (Å²) < 4.78 is 6.60. The number of rotatable bonds is 7. The highest BCUT2D eigenvalue weighted by Crippen LogP contribution is 2.42. The lowest BCUT2D eigenvalue weighted by Gasteiger charge is -2.33. The van der Waals surface area contributed by atoms with Crippen LogP contribution in [0.25, 0.3) is 33.4 Å². The van der Waals surface area contributed by atoms with Crippen LogP contribution in [-0.2, 0) is 0 Å². The van der Waals surface area contributed by atoms with Crippen LogP contribution in [0.2, 0.25) is 0 Å². The summed E-state index contributed by atoms with van der Waals surface area (Å²) in [5.41, 5.74) is 4.50. The second-order valence-electron chi connectivity index (χ2n) is 12.9. The van der Waals surface area contributed by atoms with Gasteiger partial charge in [-0.1, -0.05) is 18.2 Å². The van der Waals surface area contributed by atoms with Crippen molar-refractivity contribution in [1.29, 1.82) is 0 Å². The van der Waals surface area contributed by atoms with E-state index in [1.54, 1.807) is 12.1 Å². The van der Waals surface area contributed by atoms with Gasteiger partial charge in [0.05, 0.1) is 17.0 Å². The Morgan fingerprint density at radius 3 is 2.16 bits per heavy atom. The summed E-state index contributed by atoms with van der Waals surface area (Å²) in [6, 6.07) is 21.6. The van der Waals surface area contributed by atoms with Gasteiger partial charge in [0.1, 0.15) is 11.3 Å². The van der Waals surface area contributed by atoms with Crippen molar-refractivity contribution in [3.63, 3.8) is 0 Å². The Kier molecular flexibility index (Phi) is 8.55. The third kappa shape index (κ3) is 6.34. The number of aromatic carboxylic acids is 1. The molecule has 6 rings (SSSR count). The van der Waals surface area contributed by atoms with E-state index < -0.39 is 5.97 Å². The van der Waals surface area contributed by atoms with Crippen molar-refractivity contribution >= 4 is 22.6 Å². The molecule has 0 spiro atoms. The normalized spacial score (nSPS) is 23.3. The highest BCUT2D eigenvalue weighted by molar-refractivity contribution is 6.07. The van der Waals surface area contributed by atoms with E-state index >= 15 is 0 Å². The Morgan fingerprint density at radius 1 is 0.814 bits per heavy atom. The average molecular weight is 581 g/mol. The molecule has 4 aliphatic rings. The molecular weight excluding hydrogens is 536 g/mol. The van der Waals surface area contributed by atoms with Crippen molar-refractivity contribution in [2.24, 2.45) is 4.99 Å². The van der Waals surface area contributed by atoms with Crippen LogP contribution in [0.4, 0.5) is 5.69 Å². The summed E-state index contributed by atoms with van der Waals surface area (Å²) in [5.74, 6) is -0.223. The second-order valence-corrected chi connectivity index (χ2v) is 12.9. The number of carbonyl (C=O) groups is 1. The Morgan fingerprint density at radius 2 is 1.49 bits per heavy atom. The fourth-order valence-electron chi connectivity index (χ4n) is 7.11. The van der Waals surface area contributed by atoms with Gasteiger partial charge < -0.3 is 24.6 Å². The first-order valence-electron chi connectivity index (χ1n) is 15.7. The highest BCUT2D eigenvalue weighted by atomic mass is 16.4. The number of anilines is 1. The van der Waals surface area contributed by atoms with Crippen LogP contribution in [0.15, 0.2) is 70.1 Å². The number of carboxylic acids is 1. The zero-order valence-corrected chi connectivity index (χ0v) is 25.8. The lowest BCUT2D eigenvalue weighted by Crippen LogP contribution is -2.36. The van der Waals surface area contributed by atoms with Crippen LogP contribution in [0.5, 0.6) is 0 Å². The first kappa shape index (κ1) is 29.4. The summed E-state index contributed by atoms with van der Waals surface area (Å²) in [6.07, 6.45) is 9.12. The lowest BCUT2D eigenvalue weighted by atomic mass is 9.89. The molecular formula is C36H44N4O3. The molecule has 226 valence electrons. The van der Waals surface area contributed by atoms with Crippen LogP contribution in [0.3, 0.4) is 0 Å². The molecule has 0 amide bonds. The van der Waals surface area contributed by atoms with E-state index in [4.69, 9.17) is 9.41 Å². The number of hydrogen-bond acceptors (Lipinski definition) is 6. The van der Waals surface area contributed by atoms with Gasteiger partial charge in [-0.3, -0.25) is 4.99 Å². The van der Waals surface area contributed by atoms with Crippen LogP contribution >= 0.6 is 0 Å². The third-order valence-electron chi connectivity index (χ3n) is 9.66. The van der Waals surface area contributed by atoms with E-state index in [1.165, 1.54) is 12.8 Å². The van der Waals surface area contributed by atoms with Crippen molar-refractivity contribution < 1.29 is 14.3 Å². The molecule has 1 aliphatic heterocycles. The smallest absolute Gasteiger partial charge is 0.336 e. The number of benzene rings is 3. The maximum atomic E-state index is 12.3. The molecule has 0 saturated heterocycles. The summed E-state index contributed by atoms with van der Waals surface area (Å²) in [4.78, 5) is 22.1. The molecule has 0 aromatic heterocycles. The van der Waals surface area contributed by atoms with Gasteiger partial charge in [0.15, 0.2) is 0 Å². The molecule has 0 bridgehead atoms. The monoisotopic (exact) mass is 580 g/mol. The predicted octanol–water partition coefficient (Wildman–Crippen LogP) is 6.96. The highest BCUT2D eigenvalue weighted by Gasteiger charge is 2.25. The van der Waals surface area contributed by atoms with E-state index in [0.717, 1.165) is 77.4 Å². The molecule has 0 atom stereocenters. The SMILES string of the molecule is CN(C)C1CCC(N=c2ccc3c(-c4ccccc4C(=O)O)c4ccc(NC5CCC(N(C)C)CC5)cc4oc-3c2)CC1. The van der Waals surface area contributed by atoms with Gasteiger partial charge in [-0.15, -0.1) is 0 Å². The number of fused-ring (bicyclic) bond motifs is 2. The van der Waals surface area contributed by atoms with Crippen molar-refractivity contribution in [2.45, 2.75) is 75.5 Å². The number of carboxylic acid groups (broad SMARTS) is 1. The molecule has 2 fully saturated rings. The van der Waals surface area contributed by atoms with E-state index in [0.29, 0.717) is 29.7 Å². The zero-order chi connectivity index (χ0) is 30.1. The molecule has 7 nitrogen and oxygen atoms in total. The van der Waals surface area contributed by atoms with Crippen molar-refractivity contribution in [3.05, 3.63) is 71.6 Å². The van der Waals surface area contributed by atoms with Crippen LogP contribution in [-0.4, -0.2) is 73.2 Å². The predicted molar refractivity (Wildman–Crippen MR) is 174 cm³/mol. The maximum absolute atomic E-state index is 12.3. The second kappa shape index (κ2) is 12.5. The molecule has 0 unspecified atom stereocenters. The van der Waals surface area contributed by atoms with Gasteiger partial charge in [0, 0.05) is 52.5 Å². The Balaban J connectivity index is 1.40. The van der Waals surface area contributed by atoms with Crippen LogP contribution in [0.1, 0.15) is 61.7 Å². The Hall–Kier alpha value is -3.68. The molecule has 2 aromatic carbocycles. The van der Waals surface area contributed by atoms with E-state index in [2.05, 4.69) is 67.6 Å². The van der Waals surface area contributed by atoms with Crippen LogP contribution < -0.4 is 10.7 Å². The van der Waals surface area contributed by atoms with Crippen molar-refractivity contribution in [3.8, 4) is 22.5 Å². The molecule has 1 heterocycles. The fraction of sp³-hybridized carbons (Fsp3) is 0.444. The average Bonchev–Trinajstić information content (AvgIpc) is 3.00. The molecule has 3 aliphatic carbocycles. The largest absolute Gasteiger partial charge is 0.478 e. The minimum absolute atomic E-state index is 0.280. The first-order valence-corrected chi connectivity index (χ1v) is 15.7. The molecule has 7 heteroatoms. The number of nitrogens with zero attached hydrogens (tertiary/aromatic N) is 3. The fourth-order valence-corrected chi connectivity index (χ4v) is 7.11. The van der Waals surface area contributed by atoms with Crippen molar-refractivity contribution in [2.75, 3.05) is 33.5 Å². The lowest BCUT2D eigenvalue weighted by molar-refractivity contribution is 0.0697. The number of hydrogen-bond donors (Lipinski definition) is 2. The standard InChI is InChI=1S/C36H44N4O3/c1-39(2)27-15-9-23(10-16-27)37-25-13-19-31-33(21-25)43-34-22-26(38-24-11-17-28(18-12-24)40(3)4)14-20-32(34)35(31)29-7-5-6-8-30(29)36(41)42/h5-8,13-14,19-24,27-28,37H,9-12,15-18H2,1-4H3,(H,41,42).